The lowest BCUT2D eigenvalue weighted by Gasteiger charge is -2.42. The summed E-state index contributed by atoms with van der Waals surface area (Å²) in [4.78, 5) is 28.2. The van der Waals surface area contributed by atoms with E-state index in [1.807, 2.05) is 47.9 Å². The molecular formula is C29H28N2O5. The van der Waals surface area contributed by atoms with E-state index >= 15 is 0 Å². The first-order valence-electron chi connectivity index (χ1n) is 12.3. The molecule has 0 aliphatic carbocycles. The quantitative estimate of drug-likeness (QED) is 0.466. The molecule has 4 heterocycles. The largest absolute Gasteiger partial charge is 0.507 e. The van der Waals surface area contributed by atoms with Crippen LogP contribution >= 0.6 is 0 Å². The number of hydrogen-bond acceptors (Lipinski definition) is 6. The van der Waals surface area contributed by atoms with Crippen LogP contribution in [0, 0.1) is 12.8 Å². The van der Waals surface area contributed by atoms with Gasteiger partial charge in [0.25, 0.3) is 5.56 Å². The van der Waals surface area contributed by atoms with Crippen molar-refractivity contribution >= 4 is 11.0 Å². The summed E-state index contributed by atoms with van der Waals surface area (Å²) in [6.07, 6.45) is 2.54. The van der Waals surface area contributed by atoms with Crippen molar-refractivity contribution in [3.63, 3.8) is 0 Å². The molecule has 1 N–H and O–H groups in total. The molecule has 2 bridgehead atoms. The molecular weight excluding hydrogens is 456 g/mol. The van der Waals surface area contributed by atoms with Gasteiger partial charge in [-0.3, -0.25) is 14.5 Å². The van der Waals surface area contributed by atoms with Gasteiger partial charge in [-0.1, -0.05) is 18.2 Å². The van der Waals surface area contributed by atoms with E-state index in [2.05, 4.69) is 4.90 Å². The number of benzene rings is 2. The first-order chi connectivity index (χ1) is 17.4. The van der Waals surface area contributed by atoms with E-state index in [-0.39, 0.29) is 22.7 Å². The SMILES string of the molecule is COc1ccc(-c2coc3c(CN4C[C@H]5C[C@@H](C4)c4cccc(=O)n4C5)c(O)cc(C)c3c2=O)cc1. The molecule has 0 amide bonds. The third-order valence-electron chi connectivity index (χ3n) is 7.66. The molecule has 1 saturated heterocycles. The summed E-state index contributed by atoms with van der Waals surface area (Å²) < 4.78 is 13.2. The summed E-state index contributed by atoms with van der Waals surface area (Å²) in [5.74, 6) is 1.47. The molecule has 184 valence electrons. The van der Waals surface area contributed by atoms with Crippen molar-refractivity contribution in [1.82, 2.24) is 9.47 Å². The zero-order valence-electron chi connectivity index (χ0n) is 20.4. The fraction of sp³-hybridized carbons (Fsp3) is 0.310. The van der Waals surface area contributed by atoms with Gasteiger partial charge in [-0.05, 0) is 54.7 Å². The Labute approximate surface area is 208 Å². The topological polar surface area (TPSA) is 84.9 Å². The number of piperidine rings is 1. The number of aromatic hydroxyl groups is 1. The van der Waals surface area contributed by atoms with Crippen LogP contribution in [0.3, 0.4) is 0 Å². The molecule has 2 atom stereocenters. The molecule has 7 heteroatoms. The van der Waals surface area contributed by atoms with Gasteiger partial charge in [0.05, 0.1) is 23.6 Å². The maximum atomic E-state index is 13.6. The van der Waals surface area contributed by atoms with Crippen molar-refractivity contribution in [2.75, 3.05) is 20.2 Å². The normalized spacial score (nSPS) is 19.3. The highest BCUT2D eigenvalue weighted by Gasteiger charge is 2.35. The van der Waals surface area contributed by atoms with Crippen LogP contribution in [0.5, 0.6) is 11.5 Å². The minimum atomic E-state index is -0.121. The summed E-state index contributed by atoms with van der Waals surface area (Å²) in [5.41, 5.74) is 3.98. The zero-order valence-corrected chi connectivity index (χ0v) is 20.4. The summed E-state index contributed by atoms with van der Waals surface area (Å²) in [5, 5.41) is 11.4. The Morgan fingerprint density at radius 2 is 1.89 bits per heavy atom. The number of phenolic OH excluding ortho intramolecular Hbond substituents is 1. The number of hydrogen-bond donors (Lipinski definition) is 1. The molecule has 0 unspecified atom stereocenters. The highest BCUT2D eigenvalue weighted by atomic mass is 16.5. The van der Waals surface area contributed by atoms with Crippen molar-refractivity contribution in [3.8, 4) is 22.6 Å². The predicted molar refractivity (Wildman–Crippen MR) is 138 cm³/mol. The van der Waals surface area contributed by atoms with Crippen molar-refractivity contribution < 1.29 is 14.3 Å². The van der Waals surface area contributed by atoms with Crippen molar-refractivity contribution in [1.29, 1.82) is 0 Å². The number of fused-ring (bicyclic) bond motifs is 5. The van der Waals surface area contributed by atoms with Crippen molar-refractivity contribution in [3.05, 3.63) is 92.2 Å². The predicted octanol–water partition coefficient (Wildman–Crippen LogP) is 4.26. The first kappa shape index (κ1) is 22.6. The molecule has 0 spiro atoms. The molecule has 6 rings (SSSR count). The van der Waals surface area contributed by atoms with Crippen LogP contribution in [0.4, 0.5) is 0 Å². The van der Waals surface area contributed by atoms with E-state index < -0.39 is 0 Å². The Kier molecular flexibility index (Phi) is 5.45. The van der Waals surface area contributed by atoms with Crippen LogP contribution in [0.15, 0.2) is 68.8 Å². The molecule has 2 aromatic heterocycles. The number of nitrogens with zero attached hydrogens (tertiary/aromatic N) is 2. The van der Waals surface area contributed by atoms with Gasteiger partial charge >= 0.3 is 0 Å². The number of pyridine rings is 1. The summed E-state index contributed by atoms with van der Waals surface area (Å²) in [6.45, 7) is 4.60. The van der Waals surface area contributed by atoms with Crippen LogP contribution in [0.25, 0.3) is 22.1 Å². The minimum absolute atomic E-state index is 0.0623. The lowest BCUT2D eigenvalue weighted by Crippen LogP contribution is -2.46. The number of aromatic nitrogens is 1. The molecule has 7 nitrogen and oxygen atoms in total. The van der Waals surface area contributed by atoms with Gasteiger partial charge in [0.15, 0.2) is 0 Å². The van der Waals surface area contributed by atoms with E-state index in [1.165, 1.54) is 6.26 Å². The van der Waals surface area contributed by atoms with Gasteiger partial charge in [-0.2, -0.15) is 0 Å². The van der Waals surface area contributed by atoms with Crippen molar-refractivity contribution in [2.45, 2.75) is 32.4 Å². The lowest BCUT2D eigenvalue weighted by molar-refractivity contribution is 0.113. The average Bonchev–Trinajstić information content (AvgIpc) is 2.87. The number of phenols is 1. The number of aryl methyl sites for hydroxylation is 1. The molecule has 2 aromatic carbocycles. The molecule has 4 aromatic rings. The Balaban J connectivity index is 1.37. The molecule has 36 heavy (non-hydrogen) atoms. The minimum Gasteiger partial charge on any atom is -0.507 e. The van der Waals surface area contributed by atoms with E-state index in [4.69, 9.17) is 9.15 Å². The van der Waals surface area contributed by atoms with Gasteiger partial charge in [0, 0.05) is 43.9 Å². The number of methoxy groups -OCH3 is 1. The lowest BCUT2D eigenvalue weighted by atomic mass is 9.83. The molecule has 2 aliphatic heterocycles. The third-order valence-corrected chi connectivity index (χ3v) is 7.66. The molecule has 2 aliphatic rings. The second-order valence-corrected chi connectivity index (χ2v) is 9.99. The summed E-state index contributed by atoms with van der Waals surface area (Å²) in [6, 6.07) is 14.5. The van der Waals surface area contributed by atoms with Crippen LogP contribution in [0.2, 0.25) is 0 Å². The summed E-state index contributed by atoms with van der Waals surface area (Å²) in [7, 11) is 1.60. The number of likely N-dealkylation sites (tertiary alicyclic amines) is 1. The van der Waals surface area contributed by atoms with Crippen LogP contribution in [0.1, 0.15) is 29.2 Å². The maximum absolute atomic E-state index is 13.6. The van der Waals surface area contributed by atoms with Crippen molar-refractivity contribution in [2.24, 2.45) is 5.92 Å². The van der Waals surface area contributed by atoms with Gasteiger partial charge in [-0.25, -0.2) is 0 Å². The van der Waals surface area contributed by atoms with Gasteiger partial charge in [0.2, 0.25) is 5.43 Å². The zero-order chi connectivity index (χ0) is 25.0. The van der Waals surface area contributed by atoms with E-state index in [9.17, 15) is 14.7 Å². The van der Waals surface area contributed by atoms with Crippen LogP contribution in [-0.2, 0) is 13.1 Å². The Morgan fingerprint density at radius 1 is 1.08 bits per heavy atom. The molecule has 0 saturated carbocycles. The summed E-state index contributed by atoms with van der Waals surface area (Å²) >= 11 is 0. The molecule has 1 fully saturated rings. The molecule has 0 radical (unpaired) electrons. The monoisotopic (exact) mass is 484 g/mol. The Hall–Kier alpha value is -3.84. The smallest absolute Gasteiger partial charge is 0.250 e. The van der Waals surface area contributed by atoms with E-state index in [0.717, 1.165) is 30.8 Å². The number of rotatable bonds is 4. The highest BCUT2D eigenvalue weighted by Crippen LogP contribution is 2.38. The van der Waals surface area contributed by atoms with Crippen LogP contribution < -0.4 is 15.7 Å². The van der Waals surface area contributed by atoms with Gasteiger partial charge < -0.3 is 18.8 Å². The van der Waals surface area contributed by atoms with Gasteiger partial charge in [-0.15, -0.1) is 0 Å². The second kappa shape index (κ2) is 8.68. The second-order valence-electron chi connectivity index (χ2n) is 9.99. The average molecular weight is 485 g/mol. The number of ether oxygens (including phenoxy) is 1. The maximum Gasteiger partial charge on any atom is 0.250 e. The highest BCUT2D eigenvalue weighted by molar-refractivity contribution is 5.88. The fourth-order valence-corrected chi connectivity index (χ4v) is 6.00. The Bertz CT molecular complexity index is 1580. The fourth-order valence-electron chi connectivity index (χ4n) is 6.00. The van der Waals surface area contributed by atoms with E-state index in [0.29, 0.717) is 52.4 Å². The Morgan fingerprint density at radius 3 is 2.67 bits per heavy atom. The van der Waals surface area contributed by atoms with Crippen LogP contribution in [-0.4, -0.2) is 34.8 Å². The van der Waals surface area contributed by atoms with Gasteiger partial charge in [0.1, 0.15) is 23.3 Å². The van der Waals surface area contributed by atoms with E-state index in [1.54, 1.807) is 19.2 Å². The standard InChI is InChI=1S/C29H28N2O5/c1-17-10-25(32)22(15-30-12-18-11-20(14-30)24-4-3-5-26(33)31(24)13-18)29-27(17)28(34)23(16-36-29)19-6-8-21(35-2)9-7-19/h3-10,16,18,20,32H,11-15H2,1-2H3/t18-,20+/m1/s1. The first-order valence-corrected chi connectivity index (χ1v) is 12.3. The third kappa shape index (κ3) is 3.71.